The third-order valence-corrected chi connectivity index (χ3v) is 6.46. The minimum atomic E-state index is 0.396. The summed E-state index contributed by atoms with van der Waals surface area (Å²) >= 11 is 7.79. The highest BCUT2D eigenvalue weighted by atomic mass is 35.5. The number of thiophene rings is 1. The van der Waals surface area contributed by atoms with Gasteiger partial charge in [0.15, 0.2) is 0 Å². The molecule has 2 aliphatic rings. The molecule has 0 radical (unpaired) electrons. The van der Waals surface area contributed by atoms with Crippen molar-refractivity contribution in [3.8, 4) is 0 Å². The van der Waals surface area contributed by atoms with Gasteiger partial charge in [-0.15, -0.1) is 11.3 Å². The number of rotatable bonds is 2. The average Bonchev–Trinajstić information content (AvgIpc) is 3.01. The number of aromatic nitrogens is 2. The number of fused-ring (bicyclic) bond motifs is 1. The molecular weight excluding hydrogens is 342 g/mol. The summed E-state index contributed by atoms with van der Waals surface area (Å²) in [5.74, 6) is 1.95. The Morgan fingerprint density at radius 2 is 2.00 bits per heavy atom. The van der Waals surface area contributed by atoms with Crippen molar-refractivity contribution in [3.05, 3.63) is 32.6 Å². The van der Waals surface area contributed by atoms with E-state index in [2.05, 4.69) is 32.9 Å². The lowest BCUT2D eigenvalue weighted by Crippen LogP contribution is -2.45. The largest absolute Gasteiger partial charge is 0.368 e. The Balaban J connectivity index is 1.62. The molecule has 1 unspecified atom stereocenters. The lowest BCUT2D eigenvalue weighted by molar-refractivity contribution is 0.311. The van der Waals surface area contributed by atoms with Crippen LogP contribution in [0.5, 0.6) is 0 Å². The van der Waals surface area contributed by atoms with E-state index in [-0.39, 0.29) is 0 Å². The Morgan fingerprint density at radius 1 is 1.21 bits per heavy atom. The number of hydrogen-bond acceptors (Lipinski definition) is 6. The van der Waals surface area contributed by atoms with Gasteiger partial charge in [0.25, 0.3) is 0 Å². The molecule has 5 nitrogen and oxygen atoms in total. The SMILES string of the molecule is CN1CCN(c2nc(N)nc3c2CCC(c2ccc(Cl)s2)C3)CC1. The van der Waals surface area contributed by atoms with Crippen LogP contribution < -0.4 is 10.6 Å². The third-order valence-electron chi connectivity index (χ3n) is 5.07. The van der Waals surface area contributed by atoms with E-state index >= 15 is 0 Å². The first-order valence-electron chi connectivity index (χ1n) is 8.44. The van der Waals surface area contributed by atoms with Gasteiger partial charge >= 0.3 is 0 Å². The summed E-state index contributed by atoms with van der Waals surface area (Å²) in [5, 5.41) is 0. The number of nitrogens with two attached hydrogens (primary N) is 1. The van der Waals surface area contributed by atoms with Gasteiger partial charge in [0.1, 0.15) is 5.82 Å². The van der Waals surface area contributed by atoms with Gasteiger partial charge in [0.2, 0.25) is 5.95 Å². The molecule has 4 rings (SSSR count). The van der Waals surface area contributed by atoms with E-state index in [1.54, 1.807) is 11.3 Å². The van der Waals surface area contributed by atoms with E-state index in [4.69, 9.17) is 17.3 Å². The molecule has 1 aliphatic heterocycles. The summed E-state index contributed by atoms with van der Waals surface area (Å²) in [5.41, 5.74) is 8.45. The molecule has 0 bridgehead atoms. The van der Waals surface area contributed by atoms with Gasteiger partial charge in [0, 0.05) is 36.6 Å². The van der Waals surface area contributed by atoms with Gasteiger partial charge < -0.3 is 15.5 Å². The quantitative estimate of drug-likeness (QED) is 0.889. The van der Waals surface area contributed by atoms with Crippen LogP contribution in [0, 0.1) is 0 Å². The Morgan fingerprint density at radius 3 is 2.71 bits per heavy atom. The predicted octanol–water partition coefficient (Wildman–Crippen LogP) is 2.80. The van der Waals surface area contributed by atoms with E-state index in [0.29, 0.717) is 11.9 Å². The van der Waals surface area contributed by atoms with Crippen LogP contribution in [0.1, 0.15) is 28.5 Å². The molecule has 0 saturated carbocycles. The summed E-state index contributed by atoms with van der Waals surface area (Å²) in [4.78, 5) is 15.2. The van der Waals surface area contributed by atoms with Crippen LogP contribution in [0.2, 0.25) is 4.34 Å². The first kappa shape index (κ1) is 16.1. The number of nitrogen functional groups attached to an aromatic ring is 1. The summed E-state index contributed by atoms with van der Waals surface area (Å²) in [6.07, 6.45) is 3.06. The predicted molar refractivity (Wildman–Crippen MR) is 100 cm³/mol. The van der Waals surface area contributed by atoms with Gasteiger partial charge in [-0.25, -0.2) is 4.98 Å². The third kappa shape index (κ3) is 3.10. The number of nitrogens with zero attached hydrogens (tertiary/aromatic N) is 4. The van der Waals surface area contributed by atoms with Crippen molar-refractivity contribution in [3.63, 3.8) is 0 Å². The number of piperazine rings is 1. The second kappa shape index (κ2) is 6.50. The van der Waals surface area contributed by atoms with Crippen LogP contribution in [0.15, 0.2) is 12.1 Å². The fourth-order valence-corrected chi connectivity index (χ4v) is 4.88. The van der Waals surface area contributed by atoms with Crippen LogP contribution in [0.25, 0.3) is 0 Å². The summed E-state index contributed by atoms with van der Waals surface area (Å²) in [6.45, 7) is 4.14. The topological polar surface area (TPSA) is 58.3 Å². The second-order valence-electron chi connectivity index (χ2n) is 6.70. The molecule has 1 aliphatic carbocycles. The highest BCUT2D eigenvalue weighted by molar-refractivity contribution is 7.16. The molecule has 0 aromatic carbocycles. The zero-order valence-electron chi connectivity index (χ0n) is 13.8. The zero-order chi connectivity index (χ0) is 16.7. The van der Waals surface area contributed by atoms with Crippen LogP contribution in [-0.2, 0) is 12.8 Å². The van der Waals surface area contributed by atoms with Gasteiger partial charge in [0.05, 0.1) is 10.0 Å². The van der Waals surface area contributed by atoms with Gasteiger partial charge in [-0.1, -0.05) is 11.6 Å². The van der Waals surface area contributed by atoms with Gasteiger partial charge in [-0.2, -0.15) is 4.98 Å². The van der Waals surface area contributed by atoms with Gasteiger partial charge in [-0.05, 0) is 44.4 Å². The normalized spacial score (nSPS) is 21.8. The molecule has 3 heterocycles. The maximum Gasteiger partial charge on any atom is 0.222 e. The number of halogens is 1. The van der Waals surface area contributed by atoms with Crippen LogP contribution in [0.3, 0.4) is 0 Å². The Hall–Kier alpha value is -1.37. The Kier molecular flexibility index (Phi) is 4.37. The van der Waals surface area contributed by atoms with Crippen molar-refractivity contribution in [2.45, 2.75) is 25.2 Å². The smallest absolute Gasteiger partial charge is 0.222 e. The first-order valence-corrected chi connectivity index (χ1v) is 9.63. The fraction of sp³-hybridized carbons (Fsp3) is 0.529. The maximum atomic E-state index is 6.11. The number of hydrogen-bond donors (Lipinski definition) is 1. The van der Waals surface area contributed by atoms with Crippen LogP contribution in [0.4, 0.5) is 11.8 Å². The van der Waals surface area contributed by atoms with E-state index in [9.17, 15) is 0 Å². The molecule has 0 spiro atoms. The molecule has 2 N–H and O–H groups in total. The van der Waals surface area contributed by atoms with Crippen molar-refractivity contribution in [1.29, 1.82) is 0 Å². The zero-order valence-corrected chi connectivity index (χ0v) is 15.4. The molecule has 2 aromatic rings. The van der Waals surface area contributed by atoms with Gasteiger partial charge in [-0.3, -0.25) is 0 Å². The standard InChI is InChI=1S/C17H22ClN5S/c1-22-6-8-23(9-7-22)16-12-3-2-11(14-4-5-15(18)24-14)10-13(12)20-17(19)21-16/h4-5,11H,2-3,6-10H2,1H3,(H2,19,20,21). The van der Waals surface area contributed by atoms with Crippen molar-refractivity contribution < 1.29 is 0 Å². The monoisotopic (exact) mass is 363 g/mol. The Labute approximate surface area is 151 Å². The Bertz CT molecular complexity index is 739. The lowest BCUT2D eigenvalue weighted by Gasteiger charge is -2.35. The molecule has 1 atom stereocenters. The molecule has 1 saturated heterocycles. The highest BCUT2D eigenvalue weighted by Gasteiger charge is 2.28. The van der Waals surface area contributed by atoms with Crippen molar-refractivity contribution >= 4 is 34.7 Å². The summed E-state index contributed by atoms with van der Waals surface area (Å²) in [6, 6.07) is 4.13. The van der Waals surface area contributed by atoms with E-state index in [1.807, 2.05) is 6.07 Å². The summed E-state index contributed by atoms with van der Waals surface area (Å²) in [7, 11) is 2.16. The second-order valence-corrected chi connectivity index (χ2v) is 8.45. The molecule has 128 valence electrons. The lowest BCUT2D eigenvalue weighted by atomic mass is 9.86. The highest BCUT2D eigenvalue weighted by Crippen LogP contribution is 2.39. The molecule has 1 fully saturated rings. The molecular formula is C17H22ClN5S. The minimum Gasteiger partial charge on any atom is -0.368 e. The maximum absolute atomic E-state index is 6.11. The first-order chi connectivity index (χ1) is 11.6. The van der Waals surface area contributed by atoms with E-state index in [0.717, 1.165) is 61.3 Å². The molecule has 2 aromatic heterocycles. The van der Waals surface area contributed by atoms with Crippen molar-refractivity contribution in [2.24, 2.45) is 0 Å². The van der Waals surface area contributed by atoms with E-state index < -0.39 is 0 Å². The van der Waals surface area contributed by atoms with Crippen molar-refractivity contribution in [2.75, 3.05) is 43.9 Å². The molecule has 0 amide bonds. The molecule has 7 heteroatoms. The van der Waals surface area contributed by atoms with Crippen LogP contribution in [-0.4, -0.2) is 48.1 Å². The number of likely N-dealkylation sites (N-methyl/N-ethyl adjacent to an activating group) is 1. The average molecular weight is 364 g/mol. The van der Waals surface area contributed by atoms with E-state index in [1.165, 1.54) is 10.4 Å². The minimum absolute atomic E-state index is 0.396. The number of anilines is 2. The summed E-state index contributed by atoms with van der Waals surface area (Å²) < 4.78 is 0.858. The molecule has 24 heavy (non-hydrogen) atoms. The fourth-order valence-electron chi connectivity index (χ4n) is 3.69. The van der Waals surface area contributed by atoms with Crippen molar-refractivity contribution in [1.82, 2.24) is 14.9 Å². The van der Waals surface area contributed by atoms with Crippen LogP contribution >= 0.6 is 22.9 Å².